The summed E-state index contributed by atoms with van der Waals surface area (Å²) in [6, 6.07) is 7.75. The van der Waals surface area contributed by atoms with Crippen LogP contribution in [-0.4, -0.2) is 30.5 Å². The molecule has 1 N–H and O–H groups in total. The van der Waals surface area contributed by atoms with Gasteiger partial charge in [0.15, 0.2) is 0 Å². The van der Waals surface area contributed by atoms with Crippen molar-refractivity contribution in [3.8, 4) is 5.95 Å². The Morgan fingerprint density at radius 1 is 1.10 bits per heavy atom. The van der Waals surface area contributed by atoms with Crippen molar-refractivity contribution in [3.63, 3.8) is 0 Å². The topological polar surface area (TPSA) is 68.5 Å². The standard InChI is InChI=1S/C15H18N6/c1-15(2,3)18-10-11-8-16-14(17-9-11)21-13-7-5-4-6-12(13)19-20-21/h4-9,18H,10H2,1-3H3. The van der Waals surface area contributed by atoms with E-state index in [-0.39, 0.29) is 5.54 Å². The van der Waals surface area contributed by atoms with Crippen molar-refractivity contribution < 1.29 is 0 Å². The van der Waals surface area contributed by atoms with Gasteiger partial charge >= 0.3 is 0 Å². The van der Waals surface area contributed by atoms with Crippen LogP contribution in [0.1, 0.15) is 26.3 Å². The van der Waals surface area contributed by atoms with Crippen LogP contribution in [-0.2, 0) is 6.54 Å². The molecule has 1 aromatic carbocycles. The van der Waals surface area contributed by atoms with Crippen LogP contribution in [0.4, 0.5) is 0 Å². The lowest BCUT2D eigenvalue weighted by Crippen LogP contribution is -2.35. The molecule has 0 aliphatic rings. The Hall–Kier alpha value is -2.34. The Morgan fingerprint density at radius 3 is 2.52 bits per heavy atom. The van der Waals surface area contributed by atoms with Crippen molar-refractivity contribution in [2.24, 2.45) is 0 Å². The summed E-state index contributed by atoms with van der Waals surface area (Å²) in [5, 5.41) is 11.6. The second-order valence-corrected chi connectivity index (χ2v) is 5.98. The van der Waals surface area contributed by atoms with E-state index in [1.54, 1.807) is 4.68 Å². The van der Waals surface area contributed by atoms with Gasteiger partial charge in [0, 0.05) is 30.0 Å². The highest BCUT2D eigenvalue weighted by molar-refractivity contribution is 5.75. The Bertz CT molecular complexity index is 739. The summed E-state index contributed by atoms with van der Waals surface area (Å²) < 4.78 is 1.65. The molecular formula is C15H18N6. The Kier molecular flexibility index (Phi) is 3.39. The fraction of sp³-hybridized carbons (Fsp3) is 0.333. The summed E-state index contributed by atoms with van der Waals surface area (Å²) >= 11 is 0. The van der Waals surface area contributed by atoms with Crippen LogP contribution in [0, 0.1) is 0 Å². The molecule has 3 aromatic rings. The smallest absolute Gasteiger partial charge is 0.252 e. The maximum Gasteiger partial charge on any atom is 0.252 e. The van der Waals surface area contributed by atoms with E-state index in [0.717, 1.165) is 23.1 Å². The molecule has 0 spiro atoms. The molecule has 0 bridgehead atoms. The number of benzene rings is 1. The molecule has 2 aromatic heterocycles. The highest BCUT2D eigenvalue weighted by Gasteiger charge is 2.10. The van der Waals surface area contributed by atoms with Crippen molar-refractivity contribution >= 4 is 11.0 Å². The monoisotopic (exact) mass is 282 g/mol. The molecule has 3 rings (SSSR count). The number of aromatic nitrogens is 5. The fourth-order valence-electron chi connectivity index (χ4n) is 1.93. The van der Waals surface area contributed by atoms with E-state index in [2.05, 4.69) is 46.4 Å². The van der Waals surface area contributed by atoms with Gasteiger partial charge in [0.1, 0.15) is 5.52 Å². The molecule has 0 aliphatic carbocycles. The van der Waals surface area contributed by atoms with Crippen LogP contribution < -0.4 is 5.32 Å². The number of rotatable bonds is 3. The maximum absolute atomic E-state index is 4.38. The van der Waals surface area contributed by atoms with Crippen molar-refractivity contribution in [1.82, 2.24) is 30.3 Å². The Balaban J connectivity index is 1.84. The normalized spacial score (nSPS) is 12.0. The fourth-order valence-corrected chi connectivity index (χ4v) is 1.93. The number of nitrogens with zero attached hydrogens (tertiary/aromatic N) is 5. The summed E-state index contributed by atoms with van der Waals surface area (Å²) in [5.41, 5.74) is 2.84. The van der Waals surface area contributed by atoms with Crippen molar-refractivity contribution in [2.75, 3.05) is 0 Å². The van der Waals surface area contributed by atoms with Gasteiger partial charge in [-0.05, 0) is 32.9 Å². The minimum Gasteiger partial charge on any atom is -0.308 e. The summed E-state index contributed by atoms with van der Waals surface area (Å²) in [6.45, 7) is 7.12. The molecule has 2 heterocycles. The molecular weight excluding hydrogens is 264 g/mol. The van der Waals surface area contributed by atoms with Gasteiger partial charge in [-0.2, -0.15) is 4.68 Å². The molecule has 0 saturated carbocycles. The lowest BCUT2D eigenvalue weighted by molar-refractivity contribution is 0.423. The van der Waals surface area contributed by atoms with E-state index in [1.807, 2.05) is 36.7 Å². The van der Waals surface area contributed by atoms with Gasteiger partial charge in [-0.25, -0.2) is 9.97 Å². The Labute approximate surface area is 123 Å². The average molecular weight is 282 g/mol. The third-order valence-electron chi connectivity index (χ3n) is 3.06. The van der Waals surface area contributed by atoms with Crippen LogP contribution in [0.2, 0.25) is 0 Å². The molecule has 6 nitrogen and oxygen atoms in total. The number of hydrogen-bond acceptors (Lipinski definition) is 5. The first-order valence-corrected chi connectivity index (χ1v) is 6.90. The highest BCUT2D eigenvalue weighted by Crippen LogP contribution is 2.13. The minimum atomic E-state index is 0.0702. The zero-order valence-electron chi connectivity index (χ0n) is 12.4. The first kappa shape index (κ1) is 13.6. The predicted octanol–water partition coefficient (Wildman–Crippen LogP) is 2.10. The number of para-hydroxylation sites is 1. The maximum atomic E-state index is 4.38. The van der Waals surface area contributed by atoms with Gasteiger partial charge in [-0.3, -0.25) is 0 Å². The first-order valence-electron chi connectivity index (χ1n) is 6.90. The molecule has 0 amide bonds. The molecule has 0 radical (unpaired) electrons. The molecule has 0 aliphatic heterocycles. The summed E-state index contributed by atoms with van der Waals surface area (Å²) in [4.78, 5) is 8.76. The van der Waals surface area contributed by atoms with Crippen LogP contribution in [0.25, 0.3) is 17.0 Å². The summed E-state index contributed by atoms with van der Waals surface area (Å²) in [7, 11) is 0. The van der Waals surface area contributed by atoms with Crippen LogP contribution in [0.3, 0.4) is 0 Å². The predicted molar refractivity (Wildman–Crippen MR) is 81.0 cm³/mol. The average Bonchev–Trinajstić information content (AvgIpc) is 2.89. The summed E-state index contributed by atoms with van der Waals surface area (Å²) in [6.07, 6.45) is 3.63. The quantitative estimate of drug-likeness (QED) is 0.796. The van der Waals surface area contributed by atoms with E-state index in [4.69, 9.17) is 0 Å². The SMILES string of the molecule is CC(C)(C)NCc1cnc(-n2nnc3ccccc32)nc1. The van der Waals surface area contributed by atoms with E-state index >= 15 is 0 Å². The molecule has 0 unspecified atom stereocenters. The Morgan fingerprint density at radius 2 is 1.81 bits per heavy atom. The van der Waals surface area contributed by atoms with Crippen LogP contribution in [0.5, 0.6) is 0 Å². The van der Waals surface area contributed by atoms with Gasteiger partial charge in [-0.15, -0.1) is 5.10 Å². The van der Waals surface area contributed by atoms with Crippen molar-refractivity contribution in [2.45, 2.75) is 32.9 Å². The van der Waals surface area contributed by atoms with Crippen LogP contribution >= 0.6 is 0 Å². The first-order chi connectivity index (χ1) is 10.0. The van der Waals surface area contributed by atoms with E-state index < -0.39 is 0 Å². The number of hydrogen-bond donors (Lipinski definition) is 1. The molecule has 21 heavy (non-hydrogen) atoms. The van der Waals surface area contributed by atoms with Gasteiger partial charge in [-0.1, -0.05) is 17.3 Å². The van der Waals surface area contributed by atoms with Crippen molar-refractivity contribution in [3.05, 3.63) is 42.2 Å². The van der Waals surface area contributed by atoms with Gasteiger partial charge in [0.2, 0.25) is 0 Å². The molecule has 108 valence electrons. The lowest BCUT2D eigenvalue weighted by atomic mass is 10.1. The van der Waals surface area contributed by atoms with Crippen LogP contribution in [0.15, 0.2) is 36.7 Å². The second kappa shape index (κ2) is 5.21. The molecule has 6 heteroatoms. The minimum absolute atomic E-state index is 0.0702. The molecule has 0 saturated heterocycles. The zero-order chi connectivity index (χ0) is 14.9. The van der Waals surface area contributed by atoms with E-state index in [9.17, 15) is 0 Å². The lowest BCUT2D eigenvalue weighted by Gasteiger charge is -2.20. The molecule has 0 fully saturated rings. The van der Waals surface area contributed by atoms with Crippen molar-refractivity contribution in [1.29, 1.82) is 0 Å². The zero-order valence-corrected chi connectivity index (χ0v) is 12.4. The largest absolute Gasteiger partial charge is 0.308 e. The van der Waals surface area contributed by atoms with Gasteiger partial charge in [0.05, 0.1) is 5.52 Å². The number of fused-ring (bicyclic) bond motifs is 1. The summed E-state index contributed by atoms with van der Waals surface area (Å²) in [5.74, 6) is 0.531. The number of nitrogens with one attached hydrogen (secondary N) is 1. The molecule has 0 atom stereocenters. The second-order valence-electron chi connectivity index (χ2n) is 5.98. The third kappa shape index (κ3) is 3.05. The van der Waals surface area contributed by atoms with E-state index in [1.165, 1.54) is 0 Å². The van der Waals surface area contributed by atoms with E-state index in [0.29, 0.717) is 5.95 Å². The third-order valence-corrected chi connectivity index (χ3v) is 3.06. The van der Waals surface area contributed by atoms with Gasteiger partial charge < -0.3 is 5.32 Å². The highest BCUT2D eigenvalue weighted by atomic mass is 15.5. The van der Waals surface area contributed by atoms with Gasteiger partial charge in [0.25, 0.3) is 5.95 Å².